The standard InChI is InChI=1S/C14H21NO/c1-4-11-7-5-8-12(13(11)16-3)14(2)9-6-10-15-14/h5,7-8,15H,4,6,9-10H2,1-3H3. The molecule has 1 fully saturated rings. The predicted octanol–water partition coefficient (Wildman–Crippen LogP) is 2.86. The van der Waals surface area contributed by atoms with E-state index in [4.69, 9.17) is 4.74 Å². The number of methoxy groups -OCH3 is 1. The van der Waals surface area contributed by atoms with Gasteiger partial charge in [0.15, 0.2) is 0 Å². The Bertz CT molecular complexity index is 367. The molecule has 1 saturated heterocycles. The van der Waals surface area contributed by atoms with Crippen LogP contribution < -0.4 is 10.1 Å². The summed E-state index contributed by atoms with van der Waals surface area (Å²) >= 11 is 0. The third-order valence-corrected chi connectivity index (χ3v) is 3.64. The second-order valence-corrected chi connectivity index (χ2v) is 4.71. The van der Waals surface area contributed by atoms with Crippen molar-refractivity contribution in [3.05, 3.63) is 29.3 Å². The van der Waals surface area contributed by atoms with Crippen LogP contribution in [0.5, 0.6) is 5.75 Å². The lowest BCUT2D eigenvalue weighted by Gasteiger charge is -2.28. The van der Waals surface area contributed by atoms with E-state index in [0.29, 0.717) is 0 Å². The molecule has 1 heterocycles. The van der Waals surface area contributed by atoms with Crippen molar-refractivity contribution in [2.45, 2.75) is 38.6 Å². The monoisotopic (exact) mass is 219 g/mol. The first kappa shape index (κ1) is 11.5. The summed E-state index contributed by atoms with van der Waals surface area (Å²) in [5.74, 6) is 1.07. The fourth-order valence-corrected chi connectivity index (χ4v) is 2.66. The van der Waals surface area contributed by atoms with E-state index in [0.717, 1.165) is 18.7 Å². The summed E-state index contributed by atoms with van der Waals surface area (Å²) in [6, 6.07) is 6.49. The Kier molecular flexibility index (Phi) is 3.20. The van der Waals surface area contributed by atoms with E-state index >= 15 is 0 Å². The summed E-state index contributed by atoms with van der Waals surface area (Å²) in [7, 11) is 1.77. The van der Waals surface area contributed by atoms with Crippen LogP contribution in [0.15, 0.2) is 18.2 Å². The van der Waals surface area contributed by atoms with Crippen LogP contribution in [0.4, 0.5) is 0 Å². The van der Waals surface area contributed by atoms with E-state index in [9.17, 15) is 0 Å². The first-order valence-corrected chi connectivity index (χ1v) is 6.12. The van der Waals surface area contributed by atoms with E-state index in [1.165, 1.54) is 24.0 Å². The molecule has 0 aliphatic carbocycles. The molecule has 1 N–H and O–H groups in total. The van der Waals surface area contributed by atoms with Gasteiger partial charge >= 0.3 is 0 Å². The van der Waals surface area contributed by atoms with Crippen LogP contribution in [0, 0.1) is 0 Å². The van der Waals surface area contributed by atoms with E-state index in [1.54, 1.807) is 7.11 Å². The third-order valence-electron chi connectivity index (χ3n) is 3.64. The molecule has 1 aromatic rings. The van der Waals surface area contributed by atoms with Gasteiger partial charge in [-0.2, -0.15) is 0 Å². The summed E-state index contributed by atoms with van der Waals surface area (Å²) in [5.41, 5.74) is 2.71. The number of para-hydroxylation sites is 1. The third kappa shape index (κ3) is 1.82. The largest absolute Gasteiger partial charge is 0.496 e. The van der Waals surface area contributed by atoms with E-state index in [-0.39, 0.29) is 5.54 Å². The van der Waals surface area contributed by atoms with Gasteiger partial charge in [-0.05, 0) is 38.3 Å². The van der Waals surface area contributed by atoms with Gasteiger partial charge in [0.1, 0.15) is 5.75 Å². The zero-order valence-corrected chi connectivity index (χ0v) is 10.5. The Labute approximate surface area is 98.0 Å². The average Bonchev–Trinajstić information content (AvgIpc) is 2.76. The molecule has 2 heteroatoms. The Morgan fingerprint density at radius 1 is 1.44 bits per heavy atom. The van der Waals surface area contributed by atoms with E-state index < -0.39 is 0 Å². The molecule has 1 unspecified atom stereocenters. The van der Waals surface area contributed by atoms with Crippen molar-refractivity contribution in [2.75, 3.05) is 13.7 Å². The van der Waals surface area contributed by atoms with Crippen molar-refractivity contribution in [2.24, 2.45) is 0 Å². The number of hydrogen-bond acceptors (Lipinski definition) is 2. The number of nitrogens with one attached hydrogen (secondary N) is 1. The minimum Gasteiger partial charge on any atom is -0.496 e. The molecule has 88 valence electrons. The molecule has 0 bridgehead atoms. The summed E-state index contributed by atoms with van der Waals surface area (Å²) in [4.78, 5) is 0. The number of rotatable bonds is 3. The van der Waals surface area contributed by atoms with Crippen LogP contribution in [-0.2, 0) is 12.0 Å². The molecule has 0 amide bonds. The first-order chi connectivity index (χ1) is 7.71. The predicted molar refractivity (Wildman–Crippen MR) is 67.0 cm³/mol. The minimum absolute atomic E-state index is 0.0938. The van der Waals surface area contributed by atoms with Crippen molar-refractivity contribution < 1.29 is 4.74 Å². The topological polar surface area (TPSA) is 21.3 Å². The first-order valence-electron chi connectivity index (χ1n) is 6.12. The highest BCUT2D eigenvalue weighted by molar-refractivity contribution is 5.45. The molecule has 2 rings (SSSR count). The van der Waals surface area contributed by atoms with Crippen molar-refractivity contribution >= 4 is 0 Å². The molecular weight excluding hydrogens is 198 g/mol. The molecule has 0 saturated carbocycles. The minimum atomic E-state index is 0.0938. The fraction of sp³-hybridized carbons (Fsp3) is 0.571. The lowest BCUT2D eigenvalue weighted by molar-refractivity contribution is 0.367. The maximum atomic E-state index is 5.60. The molecule has 1 aliphatic heterocycles. The van der Waals surface area contributed by atoms with Crippen LogP contribution in [0.1, 0.15) is 37.8 Å². The van der Waals surface area contributed by atoms with Gasteiger partial charge in [-0.1, -0.05) is 25.1 Å². The maximum Gasteiger partial charge on any atom is 0.127 e. The normalized spacial score (nSPS) is 24.7. The highest BCUT2D eigenvalue weighted by atomic mass is 16.5. The van der Waals surface area contributed by atoms with Crippen LogP contribution in [0.2, 0.25) is 0 Å². The quantitative estimate of drug-likeness (QED) is 0.844. The Balaban J connectivity index is 2.47. The summed E-state index contributed by atoms with van der Waals surface area (Å²) in [5, 5.41) is 3.60. The van der Waals surface area contributed by atoms with Crippen LogP contribution in [-0.4, -0.2) is 13.7 Å². The average molecular weight is 219 g/mol. The summed E-state index contributed by atoms with van der Waals surface area (Å²) in [6.07, 6.45) is 3.46. The zero-order chi connectivity index (χ0) is 11.6. The molecule has 0 radical (unpaired) electrons. The molecule has 0 aromatic heterocycles. The van der Waals surface area contributed by atoms with Crippen molar-refractivity contribution in [3.8, 4) is 5.75 Å². The summed E-state index contributed by atoms with van der Waals surface area (Å²) < 4.78 is 5.60. The van der Waals surface area contributed by atoms with Crippen LogP contribution >= 0.6 is 0 Å². The molecule has 1 aliphatic rings. The number of benzene rings is 1. The highest BCUT2D eigenvalue weighted by Crippen LogP contribution is 2.38. The molecular formula is C14H21NO. The van der Waals surface area contributed by atoms with Gasteiger partial charge in [-0.3, -0.25) is 0 Å². The molecule has 16 heavy (non-hydrogen) atoms. The van der Waals surface area contributed by atoms with Gasteiger partial charge in [-0.25, -0.2) is 0 Å². The van der Waals surface area contributed by atoms with Gasteiger partial charge in [0.25, 0.3) is 0 Å². The molecule has 2 nitrogen and oxygen atoms in total. The Morgan fingerprint density at radius 3 is 2.81 bits per heavy atom. The van der Waals surface area contributed by atoms with Gasteiger partial charge in [-0.15, -0.1) is 0 Å². The lowest BCUT2D eigenvalue weighted by Crippen LogP contribution is -2.33. The maximum absolute atomic E-state index is 5.60. The van der Waals surface area contributed by atoms with Crippen LogP contribution in [0.3, 0.4) is 0 Å². The Hall–Kier alpha value is -1.02. The second-order valence-electron chi connectivity index (χ2n) is 4.71. The lowest BCUT2D eigenvalue weighted by atomic mass is 9.88. The van der Waals surface area contributed by atoms with Gasteiger partial charge in [0, 0.05) is 11.1 Å². The van der Waals surface area contributed by atoms with Crippen molar-refractivity contribution in [1.29, 1.82) is 0 Å². The van der Waals surface area contributed by atoms with Crippen molar-refractivity contribution in [3.63, 3.8) is 0 Å². The molecule has 0 spiro atoms. The SMILES string of the molecule is CCc1cccc(C2(C)CCCN2)c1OC. The highest BCUT2D eigenvalue weighted by Gasteiger charge is 2.33. The number of hydrogen-bond donors (Lipinski definition) is 1. The zero-order valence-electron chi connectivity index (χ0n) is 10.5. The van der Waals surface area contributed by atoms with Gasteiger partial charge in [0.2, 0.25) is 0 Å². The second kappa shape index (κ2) is 4.46. The summed E-state index contributed by atoms with van der Waals surface area (Å²) in [6.45, 7) is 5.55. The number of ether oxygens (including phenoxy) is 1. The Morgan fingerprint density at radius 2 is 2.25 bits per heavy atom. The fourth-order valence-electron chi connectivity index (χ4n) is 2.66. The smallest absolute Gasteiger partial charge is 0.127 e. The van der Waals surface area contributed by atoms with Crippen molar-refractivity contribution in [1.82, 2.24) is 5.32 Å². The van der Waals surface area contributed by atoms with Crippen LogP contribution in [0.25, 0.3) is 0 Å². The van der Waals surface area contributed by atoms with E-state index in [1.807, 2.05) is 0 Å². The molecule has 1 atom stereocenters. The van der Waals surface area contributed by atoms with E-state index in [2.05, 4.69) is 37.4 Å². The van der Waals surface area contributed by atoms with Gasteiger partial charge in [0.05, 0.1) is 7.11 Å². The van der Waals surface area contributed by atoms with Gasteiger partial charge < -0.3 is 10.1 Å². The molecule has 1 aromatic carbocycles. The number of aryl methyl sites for hydroxylation is 1.